The zero-order chi connectivity index (χ0) is 13.2. The molecule has 0 atom stereocenters. The molecule has 0 fully saturated rings. The van der Waals surface area contributed by atoms with Crippen molar-refractivity contribution in [3.8, 4) is 0 Å². The molecule has 0 aliphatic carbocycles. The van der Waals surface area contributed by atoms with Gasteiger partial charge in [-0.05, 0) is 37.2 Å². The molecule has 5 nitrogen and oxygen atoms in total. The molecule has 0 amide bonds. The summed E-state index contributed by atoms with van der Waals surface area (Å²) in [5, 5.41) is 23.7. The van der Waals surface area contributed by atoms with Crippen LogP contribution < -0.4 is 10.6 Å². The van der Waals surface area contributed by atoms with Gasteiger partial charge in [0.1, 0.15) is 0 Å². The van der Waals surface area contributed by atoms with Crippen LogP contribution >= 0.6 is 0 Å². The standard InChI is InChI=1S/C13H20N2O3/c16-9-8-14-6-1-7-15-10-11-2-4-12(5-3-11)13(17)18/h2-5,14-16H,1,6-10H2,(H,17,18). The molecule has 0 spiro atoms. The SMILES string of the molecule is O=C(O)c1ccc(CNCCCNCCO)cc1. The molecule has 0 bridgehead atoms. The predicted octanol–water partition coefficient (Wildman–Crippen LogP) is 0.446. The maximum absolute atomic E-state index is 10.7. The van der Waals surface area contributed by atoms with Gasteiger partial charge in [-0.25, -0.2) is 4.79 Å². The van der Waals surface area contributed by atoms with E-state index in [4.69, 9.17) is 10.2 Å². The van der Waals surface area contributed by atoms with E-state index in [1.54, 1.807) is 12.1 Å². The summed E-state index contributed by atoms with van der Waals surface area (Å²) in [6, 6.07) is 6.87. The van der Waals surface area contributed by atoms with E-state index < -0.39 is 5.97 Å². The molecule has 1 aromatic rings. The topological polar surface area (TPSA) is 81.6 Å². The second-order valence-electron chi connectivity index (χ2n) is 4.01. The fourth-order valence-electron chi connectivity index (χ4n) is 1.54. The molecule has 100 valence electrons. The highest BCUT2D eigenvalue weighted by atomic mass is 16.4. The summed E-state index contributed by atoms with van der Waals surface area (Å²) in [5.41, 5.74) is 1.38. The van der Waals surface area contributed by atoms with Crippen LogP contribution in [-0.4, -0.2) is 42.4 Å². The number of aliphatic hydroxyl groups excluding tert-OH is 1. The first-order valence-electron chi connectivity index (χ1n) is 6.08. The summed E-state index contributed by atoms with van der Waals surface area (Å²) in [5.74, 6) is -0.899. The van der Waals surface area contributed by atoms with Crippen LogP contribution in [0.2, 0.25) is 0 Å². The van der Waals surface area contributed by atoms with Crippen LogP contribution in [0.25, 0.3) is 0 Å². The summed E-state index contributed by atoms with van der Waals surface area (Å²) in [4.78, 5) is 10.7. The van der Waals surface area contributed by atoms with Gasteiger partial charge in [0.25, 0.3) is 0 Å². The Morgan fingerprint density at radius 2 is 1.72 bits per heavy atom. The molecule has 1 aromatic carbocycles. The first-order valence-corrected chi connectivity index (χ1v) is 6.08. The molecule has 18 heavy (non-hydrogen) atoms. The van der Waals surface area contributed by atoms with Crippen molar-refractivity contribution in [1.82, 2.24) is 10.6 Å². The molecular formula is C13H20N2O3. The predicted molar refractivity (Wildman–Crippen MR) is 69.7 cm³/mol. The third kappa shape index (κ3) is 5.77. The lowest BCUT2D eigenvalue weighted by molar-refractivity contribution is 0.0697. The minimum atomic E-state index is -0.899. The molecule has 0 aliphatic heterocycles. The molecule has 0 radical (unpaired) electrons. The number of benzene rings is 1. The second-order valence-corrected chi connectivity index (χ2v) is 4.01. The minimum absolute atomic E-state index is 0.170. The van der Waals surface area contributed by atoms with E-state index in [1.165, 1.54) is 0 Å². The van der Waals surface area contributed by atoms with Crippen molar-refractivity contribution in [2.24, 2.45) is 0 Å². The largest absolute Gasteiger partial charge is 0.478 e. The number of nitrogens with one attached hydrogen (secondary N) is 2. The van der Waals surface area contributed by atoms with Gasteiger partial charge in [0.15, 0.2) is 0 Å². The van der Waals surface area contributed by atoms with Crippen molar-refractivity contribution in [3.63, 3.8) is 0 Å². The van der Waals surface area contributed by atoms with Gasteiger partial charge in [-0.15, -0.1) is 0 Å². The van der Waals surface area contributed by atoms with Gasteiger partial charge in [-0.2, -0.15) is 0 Å². The van der Waals surface area contributed by atoms with E-state index in [2.05, 4.69) is 10.6 Å². The van der Waals surface area contributed by atoms with E-state index >= 15 is 0 Å². The average Bonchev–Trinajstić information content (AvgIpc) is 2.38. The number of carboxylic acids is 1. The van der Waals surface area contributed by atoms with Crippen LogP contribution in [0.1, 0.15) is 22.3 Å². The minimum Gasteiger partial charge on any atom is -0.478 e. The highest BCUT2D eigenvalue weighted by molar-refractivity contribution is 5.87. The zero-order valence-corrected chi connectivity index (χ0v) is 10.4. The third-order valence-electron chi connectivity index (χ3n) is 2.53. The number of hydrogen-bond acceptors (Lipinski definition) is 4. The van der Waals surface area contributed by atoms with Crippen LogP contribution in [0.15, 0.2) is 24.3 Å². The quantitative estimate of drug-likeness (QED) is 0.480. The molecule has 0 heterocycles. The normalized spacial score (nSPS) is 10.5. The Balaban J connectivity index is 2.14. The first kappa shape index (κ1) is 14.6. The van der Waals surface area contributed by atoms with Crippen LogP contribution in [0.3, 0.4) is 0 Å². The molecule has 0 saturated carbocycles. The molecular weight excluding hydrogens is 232 g/mol. The number of hydrogen-bond donors (Lipinski definition) is 4. The molecule has 0 aliphatic rings. The van der Waals surface area contributed by atoms with Gasteiger partial charge in [0.2, 0.25) is 0 Å². The van der Waals surface area contributed by atoms with Crippen molar-refractivity contribution >= 4 is 5.97 Å². The monoisotopic (exact) mass is 252 g/mol. The molecule has 0 saturated heterocycles. The Morgan fingerprint density at radius 1 is 1.06 bits per heavy atom. The van der Waals surface area contributed by atoms with Gasteiger partial charge in [-0.3, -0.25) is 0 Å². The van der Waals surface area contributed by atoms with Crippen molar-refractivity contribution in [1.29, 1.82) is 0 Å². The maximum atomic E-state index is 10.7. The van der Waals surface area contributed by atoms with Crippen LogP contribution in [-0.2, 0) is 6.54 Å². The molecule has 0 aromatic heterocycles. The van der Waals surface area contributed by atoms with E-state index in [-0.39, 0.29) is 6.61 Å². The van der Waals surface area contributed by atoms with E-state index in [0.29, 0.717) is 12.1 Å². The lowest BCUT2D eigenvalue weighted by atomic mass is 10.1. The summed E-state index contributed by atoms with van der Waals surface area (Å²) < 4.78 is 0. The summed E-state index contributed by atoms with van der Waals surface area (Å²) in [7, 11) is 0. The summed E-state index contributed by atoms with van der Waals surface area (Å²) in [6.45, 7) is 3.31. The van der Waals surface area contributed by atoms with Gasteiger partial charge in [-0.1, -0.05) is 12.1 Å². The Labute approximate surface area is 107 Å². The van der Waals surface area contributed by atoms with Gasteiger partial charge in [0.05, 0.1) is 12.2 Å². The Hall–Kier alpha value is -1.43. The Kier molecular flexibility index (Phi) is 7.01. The molecule has 1 rings (SSSR count). The highest BCUT2D eigenvalue weighted by Crippen LogP contribution is 2.03. The maximum Gasteiger partial charge on any atom is 0.335 e. The van der Waals surface area contributed by atoms with Crippen molar-refractivity contribution in [3.05, 3.63) is 35.4 Å². The van der Waals surface area contributed by atoms with E-state index in [1.807, 2.05) is 12.1 Å². The number of carbonyl (C=O) groups is 1. The lowest BCUT2D eigenvalue weighted by Crippen LogP contribution is -2.23. The fourth-order valence-corrected chi connectivity index (χ4v) is 1.54. The number of rotatable bonds is 9. The molecule has 4 N–H and O–H groups in total. The first-order chi connectivity index (χ1) is 8.74. The van der Waals surface area contributed by atoms with Crippen LogP contribution in [0.4, 0.5) is 0 Å². The summed E-state index contributed by atoms with van der Waals surface area (Å²) in [6.07, 6.45) is 0.993. The van der Waals surface area contributed by atoms with Crippen molar-refractivity contribution in [2.45, 2.75) is 13.0 Å². The Bertz CT molecular complexity index is 352. The zero-order valence-electron chi connectivity index (χ0n) is 10.4. The van der Waals surface area contributed by atoms with E-state index in [9.17, 15) is 4.79 Å². The van der Waals surface area contributed by atoms with Crippen molar-refractivity contribution in [2.75, 3.05) is 26.2 Å². The molecule has 5 heteroatoms. The number of aromatic carboxylic acids is 1. The van der Waals surface area contributed by atoms with Crippen molar-refractivity contribution < 1.29 is 15.0 Å². The van der Waals surface area contributed by atoms with Gasteiger partial charge < -0.3 is 20.8 Å². The second kappa shape index (κ2) is 8.63. The van der Waals surface area contributed by atoms with E-state index in [0.717, 1.165) is 31.6 Å². The summed E-state index contributed by atoms with van der Waals surface area (Å²) >= 11 is 0. The highest BCUT2D eigenvalue weighted by Gasteiger charge is 2.01. The Morgan fingerprint density at radius 3 is 2.33 bits per heavy atom. The average molecular weight is 252 g/mol. The number of carboxylic acid groups (broad SMARTS) is 1. The smallest absolute Gasteiger partial charge is 0.335 e. The van der Waals surface area contributed by atoms with Gasteiger partial charge in [0, 0.05) is 13.1 Å². The number of aliphatic hydroxyl groups is 1. The fraction of sp³-hybridized carbons (Fsp3) is 0.462. The third-order valence-corrected chi connectivity index (χ3v) is 2.53. The molecule has 0 unspecified atom stereocenters. The van der Waals surface area contributed by atoms with Crippen LogP contribution in [0, 0.1) is 0 Å². The van der Waals surface area contributed by atoms with Crippen LogP contribution in [0.5, 0.6) is 0 Å². The van der Waals surface area contributed by atoms with Gasteiger partial charge >= 0.3 is 5.97 Å². The lowest BCUT2D eigenvalue weighted by Gasteiger charge is -2.06.